The molecule has 1 aliphatic rings. The van der Waals surface area contributed by atoms with E-state index < -0.39 is 0 Å². The van der Waals surface area contributed by atoms with Crippen LogP contribution in [-0.4, -0.2) is 30.6 Å². The fourth-order valence-electron chi connectivity index (χ4n) is 1.40. The molecule has 0 aromatic rings. The number of carbonyl (C=O) groups is 1. The summed E-state index contributed by atoms with van der Waals surface area (Å²) < 4.78 is 9.94. The predicted octanol–water partition coefficient (Wildman–Crippen LogP) is 1.49. The fraction of sp³-hybridized carbons (Fsp3) is 0.875. The Morgan fingerprint density at radius 2 is 2.08 bits per heavy atom. The molecular formula is C8H13BrO3. The highest BCUT2D eigenvalue weighted by atomic mass is 79.9. The van der Waals surface area contributed by atoms with Gasteiger partial charge >= 0.3 is 5.97 Å². The molecule has 4 heteroatoms. The molecule has 0 amide bonds. The van der Waals surface area contributed by atoms with Gasteiger partial charge in [0.25, 0.3) is 0 Å². The maximum absolute atomic E-state index is 11.2. The average Bonchev–Trinajstić information content (AvgIpc) is 2.02. The van der Waals surface area contributed by atoms with Crippen molar-refractivity contribution >= 4 is 21.9 Å². The van der Waals surface area contributed by atoms with Crippen molar-refractivity contribution in [1.29, 1.82) is 0 Å². The Kier molecular flexibility index (Phi) is 3.12. The Morgan fingerprint density at radius 1 is 1.50 bits per heavy atom. The minimum Gasteiger partial charge on any atom is -0.468 e. The van der Waals surface area contributed by atoms with Crippen LogP contribution in [0, 0.1) is 0 Å². The Morgan fingerprint density at radius 3 is 2.33 bits per heavy atom. The van der Waals surface area contributed by atoms with Crippen LogP contribution in [0.1, 0.15) is 19.3 Å². The van der Waals surface area contributed by atoms with Gasteiger partial charge in [0, 0.05) is 7.11 Å². The number of esters is 1. The molecule has 0 spiro atoms. The normalized spacial score (nSPS) is 22.6. The molecule has 12 heavy (non-hydrogen) atoms. The Hall–Kier alpha value is -0.0900. The van der Waals surface area contributed by atoms with Crippen molar-refractivity contribution < 1.29 is 14.3 Å². The highest BCUT2D eigenvalue weighted by molar-refractivity contribution is 9.10. The second kappa shape index (κ2) is 3.75. The predicted molar refractivity (Wildman–Crippen MR) is 48.3 cm³/mol. The maximum Gasteiger partial charge on any atom is 0.322 e. The van der Waals surface area contributed by atoms with E-state index in [1.54, 1.807) is 7.11 Å². The van der Waals surface area contributed by atoms with Crippen LogP contribution in [0.25, 0.3) is 0 Å². The van der Waals surface area contributed by atoms with Crippen molar-refractivity contribution in [2.75, 3.05) is 14.2 Å². The molecule has 0 radical (unpaired) electrons. The highest BCUT2D eigenvalue weighted by Gasteiger charge is 2.47. The molecule has 1 atom stereocenters. The van der Waals surface area contributed by atoms with E-state index in [-0.39, 0.29) is 16.4 Å². The summed E-state index contributed by atoms with van der Waals surface area (Å²) in [4.78, 5) is 10.8. The molecule has 3 nitrogen and oxygen atoms in total. The van der Waals surface area contributed by atoms with Gasteiger partial charge in [0.1, 0.15) is 4.83 Å². The number of methoxy groups -OCH3 is 2. The third-order valence-corrected chi connectivity index (χ3v) is 3.68. The van der Waals surface area contributed by atoms with Crippen LogP contribution in [0.2, 0.25) is 0 Å². The zero-order valence-electron chi connectivity index (χ0n) is 7.30. The number of rotatable bonds is 3. The largest absolute Gasteiger partial charge is 0.468 e. The lowest BCUT2D eigenvalue weighted by Gasteiger charge is -2.42. The van der Waals surface area contributed by atoms with Gasteiger partial charge in [-0.15, -0.1) is 0 Å². The van der Waals surface area contributed by atoms with Gasteiger partial charge in [-0.3, -0.25) is 4.79 Å². The summed E-state index contributed by atoms with van der Waals surface area (Å²) in [6.07, 6.45) is 2.97. The molecule has 1 fully saturated rings. The van der Waals surface area contributed by atoms with Crippen molar-refractivity contribution in [3.8, 4) is 0 Å². The molecule has 0 N–H and O–H groups in total. The molecule has 0 heterocycles. The number of carbonyl (C=O) groups excluding carboxylic acids is 1. The minimum atomic E-state index is -0.325. The lowest BCUT2D eigenvalue weighted by atomic mass is 9.77. The van der Waals surface area contributed by atoms with Gasteiger partial charge < -0.3 is 9.47 Å². The lowest BCUT2D eigenvalue weighted by Crippen LogP contribution is -2.50. The van der Waals surface area contributed by atoms with Gasteiger partial charge in [0.2, 0.25) is 0 Å². The second-order valence-corrected chi connectivity index (χ2v) is 3.92. The number of halogens is 1. The quantitative estimate of drug-likeness (QED) is 0.551. The van der Waals surface area contributed by atoms with Gasteiger partial charge in [-0.05, 0) is 19.3 Å². The average molecular weight is 237 g/mol. The topological polar surface area (TPSA) is 35.5 Å². The Balaban J connectivity index is 2.59. The zero-order valence-corrected chi connectivity index (χ0v) is 8.89. The third-order valence-electron chi connectivity index (χ3n) is 2.48. The van der Waals surface area contributed by atoms with E-state index in [0.29, 0.717) is 0 Å². The summed E-state index contributed by atoms with van der Waals surface area (Å²) in [7, 11) is 3.02. The van der Waals surface area contributed by atoms with Gasteiger partial charge in [0.05, 0.1) is 12.7 Å². The van der Waals surface area contributed by atoms with Crippen molar-refractivity contribution in [2.45, 2.75) is 29.7 Å². The van der Waals surface area contributed by atoms with Crippen LogP contribution in [0.4, 0.5) is 0 Å². The van der Waals surface area contributed by atoms with E-state index in [2.05, 4.69) is 20.7 Å². The summed E-state index contributed by atoms with van der Waals surface area (Å²) in [6, 6.07) is 0. The summed E-state index contributed by atoms with van der Waals surface area (Å²) in [5, 5.41) is 0. The van der Waals surface area contributed by atoms with Crippen molar-refractivity contribution in [2.24, 2.45) is 0 Å². The first-order valence-electron chi connectivity index (χ1n) is 3.93. The molecule has 0 aromatic heterocycles. The molecule has 1 saturated carbocycles. The number of hydrogen-bond donors (Lipinski definition) is 0. The lowest BCUT2D eigenvalue weighted by molar-refractivity contribution is -0.151. The van der Waals surface area contributed by atoms with Gasteiger partial charge in [-0.25, -0.2) is 0 Å². The van der Waals surface area contributed by atoms with Crippen LogP contribution < -0.4 is 0 Å². The number of alkyl halides is 1. The zero-order chi connectivity index (χ0) is 9.19. The minimum absolute atomic E-state index is 0.253. The number of hydrogen-bond acceptors (Lipinski definition) is 3. The molecule has 1 aliphatic carbocycles. The first-order chi connectivity index (χ1) is 5.66. The van der Waals surface area contributed by atoms with Crippen molar-refractivity contribution in [3.05, 3.63) is 0 Å². The molecule has 1 rings (SSSR count). The molecule has 0 bridgehead atoms. The van der Waals surface area contributed by atoms with E-state index in [1.807, 2.05) is 0 Å². The first-order valence-corrected chi connectivity index (χ1v) is 4.85. The van der Waals surface area contributed by atoms with E-state index in [0.717, 1.165) is 19.3 Å². The second-order valence-electron chi connectivity index (χ2n) is 3.01. The van der Waals surface area contributed by atoms with Crippen LogP contribution in [0.15, 0.2) is 0 Å². The van der Waals surface area contributed by atoms with Gasteiger partial charge in [0.15, 0.2) is 0 Å². The third kappa shape index (κ3) is 1.50. The van der Waals surface area contributed by atoms with Crippen LogP contribution >= 0.6 is 15.9 Å². The van der Waals surface area contributed by atoms with Gasteiger partial charge in [-0.2, -0.15) is 0 Å². The molecule has 0 unspecified atom stereocenters. The van der Waals surface area contributed by atoms with Crippen molar-refractivity contribution in [1.82, 2.24) is 0 Å². The first kappa shape index (κ1) is 9.99. The molecule has 0 aliphatic heterocycles. The van der Waals surface area contributed by atoms with Gasteiger partial charge in [-0.1, -0.05) is 15.9 Å². The SMILES string of the molecule is COC(=O)[C@@H](Br)C1(OC)CCC1. The smallest absolute Gasteiger partial charge is 0.322 e. The molecule has 0 aromatic carbocycles. The van der Waals surface area contributed by atoms with Crippen LogP contribution in [0.3, 0.4) is 0 Å². The summed E-state index contributed by atoms with van der Waals surface area (Å²) in [5.41, 5.74) is -0.312. The monoisotopic (exact) mass is 236 g/mol. The van der Waals surface area contributed by atoms with E-state index in [1.165, 1.54) is 7.11 Å². The van der Waals surface area contributed by atoms with Crippen LogP contribution in [-0.2, 0) is 14.3 Å². The standard InChI is InChI=1S/C8H13BrO3/c1-11-7(10)6(9)8(12-2)4-3-5-8/h6H,3-5H2,1-2H3/t6-/m1/s1. The van der Waals surface area contributed by atoms with Crippen LogP contribution in [0.5, 0.6) is 0 Å². The maximum atomic E-state index is 11.2. The fourth-order valence-corrected chi connectivity index (χ4v) is 2.24. The summed E-state index contributed by atoms with van der Waals surface area (Å²) >= 11 is 3.30. The van der Waals surface area contributed by atoms with E-state index >= 15 is 0 Å². The molecular weight excluding hydrogens is 224 g/mol. The summed E-state index contributed by atoms with van der Waals surface area (Å²) in [5.74, 6) is -0.253. The Labute approximate surface area is 80.5 Å². The molecule has 70 valence electrons. The molecule has 0 saturated heterocycles. The van der Waals surface area contributed by atoms with E-state index in [4.69, 9.17) is 4.74 Å². The number of ether oxygens (including phenoxy) is 2. The van der Waals surface area contributed by atoms with Crippen molar-refractivity contribution in [3.63, 3.8) is 0 Å². The highest BCUT2D eigenvalue weighted by Crippen LogP contribution is 2.41. The summed E-state index contributed by atoms with van der Waals surface area (Å²) in [6.45, 7) is 0. The van der Waals surface area contributed by atoms with E-state index in [9.17, 15) is 4.79 Å². The Bertz CT molecular complexity index is 172.